The maximum atomic E-state index is 6.01. The zero-order valence-electron chi connectivity index (χ0n) is 8.26. The fourth-order valence-electron chi connectivity index (χ4n) is 1.07. The molecule has 0 fully saturated rings. The smallest absolute Gasteiger partial charge is 0.138 e. The van der Waals surface area contributed by atoms with E-state index >= 15 is 0 Å². The zero-order chi connectivity index (χ0) is 10.6. The fraction of sp³-hybridized carbons (Fsp3) is 0.400. The van der Waals surface area contributed by atoms with Gasteiger partial charge in [-0.05, 0) is 25.1 Å². The van der Waals surface area contributed by atoms with Crippen LogP contribution in [0.5, 0.6) is 5.75 Å². The minimum atomic E-state index is 0.435. The molecule has 0 aliphatic heterocycles. The van der Waals surface area contributed by atoms with Gasteiger partial charge < -0.3 is 9.64 Å². The normalized spacial score (nSPS) is 10.0. The van der Waals surface area contributed by atoms with Gasteiger partial charge in [0.1, 0.15) is 5.75 Å². The van der Waals surface area contributed by atoms with Crippen molar-refractivity contribution in [2.24, 2.45) is 0 Å². The molecule has 14 heavy (non-hydrogen) atoms. The molecule has 0 radical (unpaired) electrons. The van der Waals surface area contributed by atoms with Gasteiger partial charge in [-0.25, -0.2) is 0 Å². The maximum Gasteiger partial charge on any atom is 0.138 e. The summed E-state index contributed by atoms with van der Waals surface area (Å²) >= 11 is 11.7. The van der Waals surface area contributed by atoms with E-state index in [2.05, 4.69) is 0 Å². The maximum absolute atomic E-state index is 6.01. The molecule has 78 valence electrons. The summed E-state index contributed by atoms with van der Waals surface area (Å²) in [6.45, 7) is 2.54. The summed E-state index contributed by atoms with van der Waals surface area (Å²) < 4.78 is 5.32. The summed E-state index contributed by atoms with van der Waals surface area (Å²) in [4.78, 5) is 1.89. The Bertz CT molecular complexity index is 304. The summed E-state index contributed by atoms with van der Waals surface area (Å²) in [7, 11) is 1.90. The van der Waals surface area contributed by atoms with Crippen molar-refractivity contribution in [3.63, 3.8) is 0 Å². The number of rotatable bonds is 4. The molecular formula is C10H13Cl2NO. The third-order valence-corrected chi connectivity index (χ3v) is 2.49. The summed E-state index contributed by atoms with van der Waals surface area (Å²) in [5.74, 6) is 0.709. The molecule has 0 amide bonds. The van der Waals surface area contributed by atoms with E-state index in [-0.39, 0.29) is 0 Å². The lowest BCUT2D eigenvalue weighted by molar-refractivity contribution is 0.340. The highest BCUT2D eigenvalue weighted by Crippen LogP contribution is 2.29. The van der Waals surface area contributed by atoms with Crippen molar-refractivity contribution < 1.29 is 4.74 Å². The molecule has 0 N–H and O–H groups in total. The van der Waals surface area contributed by atoms with E-state index in [1.807, 2.05) is 37.1 Å². The van der Waals surface area contributed by atoms with E-state index in [9.17, 15) is 0 Å². The average molecular weight is 234 g/mol. The minimum Gasteiger partial charge on any atom is -0.492 e. The van der Waals surface area contributed by atoms with Crippen molar-refractivity contribution in [3.05, 3.63) is 23.2 Å². The molecule has 0 atom stereocenters. The summed E-state index contributed by atoms with van der Waals surface area (Å²) in [6, 6.07) is 6.06. The summed E-state index contributed by atoms with van der Waals surface area (Å²) in [5.41, 5.74) is 0.980. The van der Waals surface area contributed by atoms with Crippen LogP contribution in [0.25, 0.3) is 0 Å². The molecule has 0 saturated heterocycles. The van der Waals surface area contributed by atoms with Crippen LogP contribution < -0.4 is 9.64 Å². The van der Waals surface area contributed by atoms with Crippen LogP contribution in [-0.4, -0.2) is 19.7 Å². The SMILES string of the molecule is CCOc1ccc(N(C)CCl)cc1Cl. The van der Waals surface area contributed by atoms with E-state index in [1.165, 1.54) is 0 Å². The molecule has 1 aromatic carbocycles. The van der Waals surface area contributed by atoms with Crippen LogP contribution in [0.3, 0.4) is 0 Å². The van der Waals surface area contributed by atoms with Gasteiger partial charge in [0.2, 0.25) is 0 Å². The van der Waals surface area contributed by atoms with Crippen LogP contribution in [0.4, 0.5) is 5.69 Å². The first-order valence-corrected chi connectivity index (χ1v) is 5.29. The third kappa shape index (κ3) is 2.69. The Hall–Kier alpha value is -0.600. The Morgan fingerprint density at radius 3 is 2.64 bits per heavy atom. The summed E-state index contributed by atoms with van der Waals surface area (Å²) in [5, 5.41) is 0.612. The molecule has 1 rings (SSSR count). The number of benzene rings is 1. The zero-order valence-corrected chi connectivity index (χ0v) is 9.77. The quantitative estimate of drug-likeness (QED) is 0.585. The van der Waals surface area contributed by atoms with Crippen LogP contribution in [0.2, 0.25) is 5.02 Å². The Morgan fingerprint density at radius 1 is 1.43 bits per heavy atom. The van der Waals surface area contributed by atoms with Gasteiger partial charge in [0, 0.05) is 12.7 Å². The van der Waals surface area contributed by atoms with E-state index in [1.54, 1.807) is 0 Å². The molecule has 0 aromatic heterocycles. The summed E-state index contributed by atoms with van der Waals surface area (Å²) in [6.07, 6.45) is 0. The van der Waals surface area contributed by atoms with Gasteiger partial charge in [0.25, 0.3) is 0 Å². The van der Waals surface area contributed by atoms with Crippen LogP contribution in [0.15, 0.2) is 18.2 Å². The third-order valence-electron chi connectivity index (χ3n) is 1.84. The highest BCUT2D eigenvalue weighted by atomic mass is 35.5. The first-order chi connectivity index (χ1) is 6.69. The van der Waals surface area contributed by atoms with Gasteiger partial charge in [-0.15, -0.1) is 11.6 Å². The Balaban J connectivity index is 2.88. The van der Waals surface area contributed by atoms with E-state index < -0.39 is 0 Å². The lowest BCUT2D eigenvalue weighted by atomic mass is 10.3. The van der Waals surface area contributed by atoms with Crippen LogP contribution >= 0.6 is 23.2 Å². The molecular weight excluding hydrogens is 221 g/mol. The lowest BCUT2D eigenvalue weighted by Crippen LogP contribution is -2.13. The topological polar surface area (TPSA) is 12.5 Å². The largest absolute Gasteiger partial charge is 0.492 e. The fourth-order valence-corrected chi connectivity index (χ4v) is 1.44. The molecule has 0 aliphatic rings. The number of hydrogen-bond acceptors (Lipinski definition) is 2. The number of hydrogen-bond donors (Lipinski definition) is 0. The number of ether oxygens (including phenoxy) is 1. The molecule has 0 heterocycles. The molecule has 2 nitrogen and oxygen atoms in total. The van der Waals surface area contributed by atoms with Crippen LogP contribution in [-0.2, 0) is 0 Å². The molecule has 0 spiro atoms. The number of alkyl halides is 1. The van der Waals surface area contributed by atoms with Crippen LogP contribution in [0, 0.1) is 0 Å². The molecule has 0 aliphatic carbocycles. The Morgan fingerprint density at radius 2 is 2.14 bits per heavy atom. The highest BCUT2D eigenvalue weighted by Gasteiger charge is 2.04. The Kier molecular flexibility index (Phi) is 4.36. The second-order valence-electron chi connectivity index (χ2n) is 2.87. The van der Waals surface area contributed by atoms with E-state index in [0.29, 0.717) is 23.4 Å². The second-order valence-corrected chi connectivity index (χ2v) is 3.51. The molecule has 0 unspecified atom stereocenters. The number of nitrogens with zero attached hydrogens (tertiary/aromatic N) is 1. The van der Waals surface area contributed by atoms with Gasteiger partial charge in [0.15, 0.2) is 0 Å². The highest BCUT2D eigenvalue weighted by molar-refractivity contribution is 6.32. The lowest BCUT2D eigenvalue weighted by Gasteiger charge is -2.16. The monoisotopic (exact) mass is 233 g/mol. The molecule has 0 saturated carbocycles. The molecule has 0 bridgehead atoms. The Labute approximate surface area is 94.4 Å². The molecule has 4 heteroatoms. The van der Waals surface area contributed by atoms with Crippen molar-refractivity contribution in [2.75, 3.05) is 24.6 Å². The van der Waals surface area contributed by atoms with E-state index in [4.69, 9.17) is 27.9 Å². The van der Waals surface area contributed by atoms with Crippen molar-refractivity contribution >= 4 is 28.9 Å². The van der Waals surface area contributed by atoms with Gasteiger partial charge in [-0.3, -0.25) is 0 Å². The van der Waals surface area contributed by atoms with Crippen molar-refractivity contribution in [3.8, 4) is 5.75 Å². The predicted octanol–water partition coefficient (Wildman–Crippen LogP) is 3.37. The van der Waals surface area contributed by atoms with E-state index in [0.717, 1.165) is 5.69 Å². The van der Waals surface area contributed by atoms with Crippen LogP contribution in [0.1, 0.15) is 6.92 Å². The number of halogens is 2. The minimum absolute atomic E-state index is 0.435. The second kappa shape index (κ2) is 5.32. The van der Waals surface area contributed by atoms with Crippen molar-refractivity contribution in [1.82, 2.24) is 0 Å². The van der Waals surface area contributed by atoms with Gasteiger partial charge >= 0.3 is 0 Å². The standard InChI is InChI=1S/C10H13Cl2NO/c1-3-14-10-5-4-8(6-9(10)12)13(2)7-11/h4-6H,3,7H2,1-2H3. The predicted molar refractivity (Wildman–Crippen MR) is 61.7 cm³/mol. The number of anilines is 1. The van der Waals surface area contributed by atoms with Crippen molar-refractivity contribution in [2.45, 2.75) is 6.92 Å². The van der Waals surface area contributed by atoms with Gasteiger partial charge in [-0.2, -0.15) is 0 Å². The molecule has 1 aromatic rings. The average Bonchev–Trinajstić information content (AvgIpc) is 2.20. The van der Waals surface area contributed by atoms with Gasteiger partial charge in [0.05, 0.1) is 17.6 Å². The first kappa shape index (κ1) is 11.5. The van der Waals surface area contributed by atoms with Gasteiger partial charge in [-0.1, -0.05) is 11.6 Å². The van der Waals surface area contributed by atoms with Crippen molar-refractivity contribution in [1.29, 1.82) is 0 Å². The first-order valence-electron chi connectivity index (χ1n) is 4.38.